The van der Waals surface area contributed by atoms with Gasteiger partial charge in [-0.25, -0.2) is 4.39 Å². The molecular weight excluding hydrogens is 253 g/mol. The quantitative estimate of drug-likeness (QED) is 0.635. The predicted octanol–water partition coefficient (Wildman–Crippen LogP) is 4.01. The summed E-state index contributed by atoms with van der Waals surface area (Å²) in [6.07, 6.45) is 3.72. The monoisotopic (exact) mass is 281 g/mol. The van der Waals surface area contributed by atoms with Crippen molar-refractivity contribution < 1.29 is 9.50 Å². The van der Waals surface area contributed by atoms with E-state index in [-0.39, 0.29) is 0 Å². The third-order valence-electron chi connectivity index (χ3n) is 3.62. The van der Waals surface area contributed by atoms with E-state index in [4.69, 9.17) is 0 Å². The molecule has 1 aromatic carbocycles. The molecule has 0 spiro atoms. The summed E-state index contributed by atoms with van der Waals surface area (Å²) in [5.41, 5.74) is 0.539. The van der Waals surface area contributed by atoms with Crippen LogP contribution in [0, 0.1) is 0 Å². The van der Waals surface area contributed by atoms with Gasteiger partial charge in [0.2, 0.25) is 0 Å². The molecule has 3 atom stereocenters. The summed E-state index contributed by atoms with van der Waals surface area (Å²) >= 11 is 0. The van der Waals surface area contributed by atoms with E-state index < -0.39 is 12.3 Å². The lowest BCUT2D eigenvalue weighted by Gasteiger charge is -2.20. The van der Waals surface area contributed by atoms with Gasteiger partial charge in [-0.15, -0.1) is 0 Å². The van der Waals surface area contributed by atoms with E-state index in [0.717, 1.165) is 6.42 Å². The highest BCUT2D eigenvalue weighted by Crippen LogP contribution is 2.20. The number of nitrogens with one attached hydrogen (secondary N) is 1. The van der Waals surface area contributed by atoms with E-state index in [2.05, 4.69) is 19.2 Å². The third-order valence-corrected chi connectivity index (χ3v) is 3.62. The number of halogens is 1. The zero-order valence-electron chi connectivity index (χ0n) is 12.7. The number of benzene rings is 1. The lowest BCUT2D eigenvalue weighted by molar-refractivity contribution is 0.0747. The first-order valence-electron chi connectivity index (χ1n) is 7.75. The molecule has 1 rings (SSSR count). The molecule has 3 heteroatoms. The van der Waals surface area contributed by atoms with Crippen molar-refractivity contribution in [2.75, 3.05) is 6.54 Å². The molecule has 0 saturated carbocycles. The molecule has 0 fully saturated rings. The molecular formula is C17H28FNO. The van der Waals surface area contributed by atoms with Gasteiger partial charge in [-0.3, -0.25) is 0 Å². The van der Waals surface area contributed by atoms with Crippen molar-refractivity contribution in [1.29, 1.82) is 0 Å². The van der Waals surface area contributed by atoms with Gasteiger partial charge in [-0.2, -0.15) is 0 Å². The first-order chi connectivity index (χ1) is 9.65. The molecule has 2 N–H and O–H groups in total. The van der Waals surface area contributed by atoms with Gasteiger partial charge >= 0.3 is 0 Å². The van der Waals surface area contributed by atoms with E-state index in [1.165, 1.54) is 25.7 Å². The molecule has 0 aliphatic rings. The van der Waals surface area contributed by atoms with Crippen LogP contribution in [0.4, 0.5) is 4.39 Å². The van der Waals surface area contributed by atoms with Crippen LogP contribution in [0.5, 0.6) is 0 Å². The van der Waals surface area contributed by atoms with Gasteiger partial charge in [0.15, 0.2) is 6.17 Å². The van der Waals surface area contributed by atoms with Crippen LogP contribution in [-0.2, 0) is 0 Å². The Labute approximate surface area is 122 Å². The average Bonchev–Trinajstić information content (AvgIpc) is 2.49. The molecule has 0 radical (unpaired) electrons. The third kappa shape index (κ3) is 6.49. The number of rotatable bonds is 10. The molecule has 0 saturated heterocycles. The van der Waals surface area contributed by atoms with Crippen LogP contribution < -0.4 is 5.32 Å². The van der Waals surface area contributed by atoms with Crippen LogP contribution in [-0.4, -0.2) is 23.8 Å². The van der Waals surface area contributed by atoms with Crippen LogP contribution in [0.2, 0.25) is 0 Å². The minimum Gasteiger partial charge on any atom is -0.388 e. The normalized spacial score (nSPS) is 15.8. The number of alkyl halides is 1. The highest BCUT2D eigenvalue weighted by Gasteiger charge is 2.20. The Balaban J connectivity index is 2.23. The van der Waals surface area contributed by atoms with Gasteiger partial charge in [-0.1, -0.05) is 62.9 Å². The molecule has 114 valence electrons. The number of aliphatic hydroxyl groups excluding tert-OH is 1. The van der Waals surface area contributed by atoms with Crippen molar-refractivity contribution in [3.8, 4) is 0 Å². The Morgan fingerprint density at radius 1 is 1.15 bits per heavy atom. The maximum absolute atomic E-state index is 14.0. The van der Waals surface area contributed by atoms with E-state index >= 15 is 0 Å². The average molecular weight is 281 g/mol. The summed E-state index contributed by atoms with van der Waals surface area (Å²) in [5, 5.41) is 13.1. The second-order valence-electron chi connectivity index (χ2n) is 5.54. The minimum absolute atomic E-state index is 0.297. The molecule has 2 nitrogen and oxygen atoms in total. The standard InChI is InChI=1S/C17H28FNO/c1-3-4-5-7-10-14(2)19-13-16(20)17(18)15-11-8-6-9-12-15/h6,8-9,11-12,14,16-17,19-20H,3-5,7,10,13H2,1-2H3/t14-,16+,17-/m1/s1. The summed E-state index contributed by atoms with van der Waals surface area (Å²) in [6, 6.07) is 9.17. The number of aliphatic hydroxyl groups is 1. The maximum atomic E-state index is 14.0. The summed E-state index contributed by atoms with van der Waals surface area (Å²) < 4.78 is 14.0. The fourth-order valence-corrected chi connectivity index (χ4v) is 2.26. The SMILES string of the molecule is CCCCCC[C@@H](C)NC[C@H](O)[C@H](F)c1ccccc1. The summed E-state index contributed by atoms with van der Waals surface area (Å²) in [5.74, 6) is 0. The smallest absolute Gasteiger partial charge is 0.152 e. The van der Waals surface area contributed by atoms with Gasteiger partial charge in [0, 0.05) is 12.6 Å². The van der Waals surface area contributed by atoms with Gasteiger partial charge in [0.1, 0.15) is 6.10 Å². The summed E-state index contributed by atoms with van der Waals surface area (Å²) in [4.78, 5) is 0. The molecule has 0 unspecified atom stereocenters. The topological polar surface area (TPSA) is 32.3 Å². The molecule has 0 aliphatic carbocycles. The van der Waals surface area contributed by atoms with Crippen molar-refractivity contribution in [3.05, 3.63) is 35.9 Å². The Bertz CT molecular complexity index is 344. The maximum Gasteiger partial charge on any atom is 0.152 e. The lowest BCUT2D eigenvalue weighted by atomic mass is 10.0. The minimum atomic E-state index is -1.32. The molecule has 20 heavy (non-hydrogen) atoms. The van der Waals surface area contributed by atoms with E-state index in [1.807, 2.05) is 6.07 Å². The van der Waals surface area contributed by atoms with Crippen molar-refractivity contribution in [2.45, 2.75) is 64.3 Å². The molecule has 0 aromatic heterocycles. The van der Waals surface area contributed by atoms with Crippen molar-refractivity contribution in [3.63, 3.8) is 0 Å². The first kappa shape index (κ1) is 17.1. The summed E-state index contributed by atoms with van der Waals surface area (Å²) in [6.45, 7) is 4.59. The van der Waals surface area contributed by atoms with E-state index in [0.29, 0.717) is 18.2 Å². The van der Waals surface area contributed by atoms with E-state index in [1.54, 1.807) is 24.3 Å². The number of hydrogen-bond donors (Lipinski definition) is 2. The molecule has 1 aromatic rings. The highest BCUT2D eigenvalue weighted by atomic mass is 19.1. The fraction of sp³-hybridized carbons (Fsp3) is 0.647. The van der Waals surface area contributed by atoms with Gasteiger partial charge < -0.3 is 10.4 Å². The van der Waals surface area contributed by atoms with Gasteiger partial charge in [0.25, 0.3) is 0 Å². The second-order valence-corrected chi connectivity index (χ2v) is 5.54. The van der Waals surface area contributed by atoms with Gasteiger partial charge in [0.05, 0.1) is 0 Å². The van der Waals surface area contributed by atoms with Crippen LogP contribution in [0.15, 0.2) is 30.3 Å². The van der Waals surface area contributed by atoms with Crippen LogP contribution in [0.25, 0.3) is 0 Å². The number of hydrogen-bond acceptors (Lipinski definition) is 2. The molecule has 0 aliphatic heterocycles. The van der Waals surface area contributed by atoms with Crippen molar-refractivity contribution in [1.82, 2.24) is 5.32 Å². The molecule has 0 bridgehead atoms. The van der Waals surface area contributed by atoms with Crippen LogP contribution in [0.3, 0.4) is 0 Å². The zero-order chi connectivity index (χ0) is 14.8. The zero-order valence-corrected chi connectivity index (χ0v) is 12.7. The Morgan fingerprint density at radius 3 is 2.50 bits per heavy atom. The molecule has 0 amide bonds. The first-order valence-corrected chi connectivity index (χ1v) is 7.75. The fourth-order valence-electron chi connectivity index (χ4n) is 2.26. The Kier molecular flexibility index (Phi) is 8.47. The largest absolute Gasteiger partial charge is 0.388 e. The Morgan fingerprint density at radius 2 is 1.85 bits per heavy atom. The molecule has 0 heterocycles. The van der Waals surface area contributed by atoms with Crippen LogP contribution in [0.1, 0.15) is 57.7 Å². The van der Waals surface area contributed by atoms with Crippen LogP contribution >= 0.6 is 0 Å². The van der Waals surface area contributed by atoms with Crippen molar-refractivity contribution >= 4 is 0 Å². The predicted molar refractivity (Wildman–Crippen MR) is 82.5 cm³/mol. The lowest BCUT2D eigenvalue weighted by Crippen LogP contribution is -2.35. The Hall–Kier alpha value is -0.930. The summed E-state index contributed by atoms with van der Waals surface area (Å²) in [7, 11) is 0. The van der Waals surface area contributed by atoms with E-state index in [9.17, 15) is 9.50 Å². The number of unbranched alkanes of at least 4 members (excludes halogenated alkanes) is 3. The van der Waals surface area contributed by atoms with Crippen molar-refractivity contribution in [2.24, 2.45) is 0 Å². The van der Waals surface area contributed by atoms with Gasteiger partial charge in [-0.05, 0) is 18.9 Å². The second kappa shape index (κ2) is 9.89. The highest BCUT2D eigenvalue weighted by molar-refractivity contribution is 5.18.